The van der Waals surface area contributed by atoms with Crippen LogP contribution >= 0.6 is 0 Å². The Labute approximate surface area is 123 Å². The second-order valence-corrected chi connectivity index (χ2v) is 6.77. The first-order valence-corrected chi connectivity index (χ1v) is 8.12. The first kappa shape index (κ1) is 15.8. The summed E-state index contributed by atoms with van der Waals surface area (Å²) in [4.78, 5) is 14.7. The molecule has 1 heterocycles. The highest BCUT2D eigenvalue weighted by Gasteiger charge is 2.40. The summed E-state index contributed by atoms with van der Waals surface area (Å²) >= 11 is 0. The summed E-state index contributed by atoms with van der Waals surface area (Å²) < 4.78 is 5.60. The lowest BCUT2D eigenvalue weighted by atomic mass is 9.77. The topological polar surface area (TPSA) is 41.6 Å². The monoisotopic (exact) mass is 282 g/mol. The van der Waals surface area contributed by atoms with E-state index < -0.39 is 0 Å². The summed E-state index contributed by atoms with van der Waals surface area (Å²) in [5.74, 6) is 0.877. The molecular formula is C16H30N2O2. The summed E-state index contributed by atoms with van der Waals surface area (Å²) in [7, 11) is 1.75. The maximum absolute atomic E-state index is 12.7. The molecule has 4 heteroatoms. The van der Waals surface area contributed by atoms with Gasteiger partial charge in [-0.05, 0) is 65.0 Å². The zero-order valence-corrected chi connectivity index (χ0v) is 13.3. The largest absolute Gasteiger partial charge is 0.378 e. The Morgan fingerprint density at radius 3 is 2.60 bits per heavy atom. The Balaban J connectivity index is 1.91. The van der Waals surface area contributed by atoms with E-state index in [0.717, 1.165) is 32.5 Å². The second kappa shape index (κ2) is 6.90. The van der Waals surface area contributed by atoms with E-state index in [1.165, 1.54) is 19.3 Å². The molecule has 2 aliphatic rings. The maximum Gasteiger partial charge on any atom is 0.225 e. The standard InChI is InChI=1S/C16H30N2O2/c1-13(2)18(12-14-6-4-9-17-11-14)15(19)10-16(20-3)7-5-8-16/h13-14,17H,4-12H2,1-3H3. The summed E-state index contributed by atoms with van der Waals surface area (Å²) in [5, 5.41) is 3.44. The van der Waals surface area contributed by atoms with E-state index in [9.17, 15) is 4.79 Å². The molecule has 0 aromatic heterocycles. The SMILES string of the molecule is COC1(CC(=O)N(CC2CCCNC2)C(C)C)CCC1. The molecule has 1 saturated carbocycles. The van der Waals surface area contributed by atoms with Crippen LogP contribution in [0.3, 0.4) is 0 Å². The fourth-order valence-corrected chi connectivity index (χ4v) is 3.36. The molecule has 4 nitrogen and oxygen atoms in total. The third-order valence-corrected chi connectivity index (χ3v) is 4.97. The molecule has 0 bridgehead atoms. The van der Waals surface area contributed by atoms with Crippen molar-refractivity contribution in [2.75, 3.05) is 26.7 Å². The highest BCUT2D eigenvalue weighted by molar-refractivity contribution is 5.77. The molecule has 1 unspecified atom stereocenters. The van der Waals surface area contributed by atoms with Crippen LogP contribution in [-0.2, 0) is 9.53 Å². The van der Waals surface area contributed by atoms with E-state index in [1.807, 2.05) is 0 Å². The maximum atomic E-state index is 12.7. The number of methoxy groups -OCH3 is 1. The number of rotatable bonds is 6. The van der Waals surface area contributed by atoms with Gasteiger partial charge in [-0.1, -0.05) is 0 Å². The Bertz CT molecular complexity index is 315. The van der Waals surface area contributed by atoms with E-state index in [4.69, 9.17) is 4.74 Å². The lowest BCUT2D eigenvalue weighted by Gasteiger charge is -2.42. The number of amides is 1. The van der Waals surface area contributed by atoms with Gasteiger partial charge in [0.25, 0.3) is 0 Å². The molecule has 0 spiro atoms. The molecule has 0 aromatic carbocycles. The van der Waals surface area contributed by atoms with Crippen LogP contribution in [0.15, 0.2) is 0 Å². The quantitative estimate of drug-likeness (QED) is 0.812. The van der Waals surface area contributed by atoms with Gasteiger partial charge in [-0.25, -0.2) is 0 Å². The molecule has 1 aliphatic heterocycles. The Morgan fingerprint density at radius 2 is 2.15 bits per heavy atom. The van der Waals surface area contributed by atoms with E-state index in [-0.39, 0.29) is 17.6 Å². The van der Waals surface area contributed by atoms with E-state index >= 15 is 0 Å². The van der Waals surface area contributed by atoms with Crippen LogP contribution in [0, 0.1) is 5.92 Å². The molecule has 20 heavy (non-hydrogen) atoms. The number of hydrogen-bond acceptors (Lipinski definition) is 3. The Hall–Kier alpha value is -0.610. The molecule has 1 N–H and O–H groups in total. The lowest BCUT2D eigenvalue weighted by molar-refractivity contribution is -0.146. The summed E-state index contributed by atoms with van der Waals surface area (Å²) in [6.07, 6.45) is 6.28. The van der Waals surface area contributed by atoms with Crippen LogP contribution < -0.4 is 5.32 Å². The van der Waals surface area contributed by atoms with Crippen LogP contribution in [0.1, 0.15) is 52.4 Å². The van der Waals surface area contributed by atoms with Crippen molar-refractivity contribution in [1.82, 2.24) is 10.2 Å². The molecular weight excluding hydrogens is 252 g/mol. The van der Waals surface area contributed by atoms with Crippen molar-refractivity contribution in [3.63, 3.8) is 0 Å². The molecule has 1 amide bonds. The van der Waals surface area contributed by atoms with Crippen molar-refractivity contribution in [2.45, 2.75) is 64.0 Å². The van der Waals surface area contributed by atoms with Gasteiger partial charge in [0, 0.05) is 19.7 Å². The van der Waals surface area contributed by atoms with Gasteiger partial charge in [-0.3, -0.25) is 4.79 Å². The molecule has 0 aromatic rings. The summed E-state index contributed by atoms with van der Waals surface area (Å²) in [6.45, 7) is 7.30. The van der Waals surface area contributed by atoms with Gasteiger partial charge in [0.2, 0.25) is 5.91 Å². The van der Waals surface area contributed by atoms with E-state index in [2.05, 4.69) is 24.1 Å². The first-order chi connectivity index (χ1) is 9.56. The average molecular weight is 282 g/mol. The van der Waals surface area contributed by atoms with Crippen molar-refractivity contribution in [3.8, 4) is 0 Å². The van der Waals surface area contributed by atoms with Crippen LogP contribution in [0.25, 0.3) is 0 Å². The van der Waals surface area contributed by atoms with Crippen LogP contribution in [0.2, 0.25) is 0 Å². The highest BCUT2D eigenvalue weighted by atomic mass is 16.5. The van der Waals surface area contributed by atoms with Gasteiger partial charge in [0.15, 0.2) is 0 Å². The zero-order chi connectivity index (χ0) is 14.6. The Morgan fingerprint density at radius 1 is 1.40 bits per heavy atom. The fourth-order valence-electron chi connectivity index (χ4n) is 3.36. The minimum absolute atomic E-state index is 0.158. The van der Waals surface area contributed by atoms with Crippen molar-refractivity contribution in [2.24, 2.45) is 5.92 Å². The number of nitrogens with zero attached hydrogens (tertiary/aromatic N) is 1. The van der Waals surface area contributed by atoms with Gasteiger partial charge < -0.3 is 15.0 Å². The minimum Gasteiger partial charge on any atom is -0.378 e. The first-order valence-electron chi connectivity index (χ1n) is 8.12. The van der Waals surface area contributed by atoms with Gasteiger partial charge in [0.05, 0.1) is 12.0 Å². The number of carbonyl (C=O) groups excluding carboxylic acids is 1. The van der Waals surface area contributed by atoms with Crippen LogP contribution in [-0.4, -0.2) is 49.2 Å². The molecule has 1 saturated heterocycles. The smallest absolute Gasteiger partial charge is 0.225 e. The minimum atomic E-state index is -0.158. The Kier molecular flexibility index (Phi) is 5.44. The fraction of sp³-hybridized carbons (Fsp3) is 0.938. The van der Waals surface area contributed by atoms with E-state index in [0.29, 0.717) is 12.3 Å². The summed E-state index contributed by atoms with van der Waals surface area (Å²) in [5.41, 5.74) is -0.158. The third kappa shape index (κ3) is 3.73. The van der Waals surface area contributed by atoms with Crippen molar-refractivity contribution in [3.05, 3.63) is 0 Å². The summed E-state index contributed by atoms with van der Waals surface area (Å²) in [6, 6.07) is 0.276. The number of piperidine rings is 1. The number of hydrogen-bond donors (Lipinski definition) is 1. The molecule has 0 radical (unpaired) electrons. The van der Waals surface area contributed by atoms with Crippen LogP contribution in [0.4, 0.5) is 0 Å². The second-order valence-electron chi connectivity index (χ2n) is 6.77. The van der Waals surface area contributed by atoms with Crippen LogP contribution in [0.5, 0.6) is 0 Å². The third-order valence-electron chi connectivity index (χ3n) is 4.97. The molecule has 2 rings (SSSR count). The van der Waals surface area contributed by atoms with Crippen molar-refractivity contribution < 1.29 is 9.53 Å². The molecule has 1 atom stereocenters. The highest BCUT2D eigenvalue weighted by Crippen LogP contribution is 2.38. The van der Waals surface area contributed by atoms with Gasteiger partial charge in [-0.15, -0.1) is 0 Å². The number of carbonyl (C=O) groups is 1. The van der Waals surface area contributed by atoms with Crippen molar-refractivity contribution >= 4 is 5.91 Å². The van der Waals surface area contributed by atoms with Gasteiger partial charge in [0.1, 0.15) is 0 Å². The number of nitrogens with one attached hydrogen (secondary N) is 1. The van der Waals surface area contributed by atoms with Gasteiger partial charge >= 0.3 is 0 Å². The van der Waals surface area contributed by atoms with E-state index in [1.54, 1.807) is 7.11 Å². The zero-order valence-electron chi connectivity index (χ0n) is 13.3. The predicted molar refractivity (Wildman–Crippen MR) is 80.7 cm³/mol. The predicted octanol–water partition coefficient (Wildman–Crippen LogP) is 2.18. The molecule has 1 aliphatic carbocycles. The molecule has 116 valence electrons. The average Bonchev–Trinajstić information content (AvgIpc) is 2.41. The number of ether oxygens (including phenoxy) is 1. The van der Waals surface area contributed by atoms with Crippen molar-refractivity contribution in [1.29, 1.82) is 0 Å². The molecule has 2 fully saturated rings. The lowest BCUT2D eigenvalue weighted by Crippen LogP contribution is -2.49. The normalized spacial score (nSPS) is 25.3. The van der Waals surface area contributed by atoms with Gasteiger partial charge in [-0.2, -0.15) is 0 Å².